The van der Waals surface area contributed by atoms with Crippen molar-refractivity contribution >= 4 is 17.4 Å². The van der Waals surface area contributed by atoms with Gasteiger partial charge in [0, 0.05) is 13.2 Å². The Morgan fingerprint density at radius 1 is 1.53 bits per heavy atom. The van der Waals surface area contributed by atoms with Crippen LogP contribution < -0.4 is 16.9 Å². The predicted octanol–water partition coefficient (Wildman–Crippen LogP) is -0.531. The van der Waals surface area contributed by atoms with Gasteiger partial charge in [-0.2, -0.15) is 10.2 Å². The van der Waals surface area contributed by atoms with Crippen molar-refractivity contribution < 1.29 is 0 Å². The molecule has 0 bridgehead atoms. The van der Waals surface area contributed by atoms with Gasteiger partial charge in [0.25, 0.3) is 0 Å². The minimum absolute atomic E-state index is 0.244. The number of rotatable bonds is 2. The molecule has 0 saturated heterocycles. The van der Waals surface area contributed by atoms with Crippen molar-refractivity contribution in [3.63, 3.8) is 0 Å². The van der Waals surface area contributed by atoms with E-state index in [9.17, 15) is 9.59 Å². The number of nitrogen functional groups attached to an aromatic ring is 1. The lowest BCUT2D eigenvalue weighted by molar-refractivity contribution is 0.596. The highest BCUT2D eigenvalue weighted by Crippen LogP contribution is 2.27. The van der Waals surface area contributed by atoms with Crippen LogP contribution >= 0.6 is 11.8 Å². The molecule has 0 aliphatic carbocycles. The highest BCUT2D eigenvalue weighted by molar-refractivity contribution is 7.99. The molecule has 2 heterocycles. The first-order valence-electron chi connectivity index (χ1n) is 5.02. The summed E-state index contributed by atoms with van der Waals surface area (Å²) in [6.45, 7) is 0. The zero-order valence-electron chi connectivity index (χ0n) is 9.75. The van der Waals surface area contributed by atoms with E-state index in [1.165, 1.54) is 24.0 Å². The topological polar surface area (TPSA) is 130 Å². The average Bonchev–Trinajstić information content (AvgIpc) is 2.38. The molecule has 0 saturated carbocycles. The van der Waals surface area contributed by atoms with E-state index in [4.69, 9.17) is 11.0 Å². The van der Waals surface area contributed by atoms with Gasteiger partial charge in [-0.05, 0) is 17.8 Å². The molecule has 2 aromatic rings. The largest absolute Gasteiger partial charge is 0.396 e. The van der Waals surface area contributed by atoms with Crippen LogP contribution in [0.2, 0.25) is 0 Å². The van der Waals surface area contributed by atoms with Crippen molar-refractivity contribution in [3.05, 3.63) is 38.5 Å². The van der Waals surface area contributed by atoms with E-state index in [1.807, 2.05) is 6.07 Å². The van der Waals surface area contributed by atoms with Crippen LogP contribution in [0.4, 0.5) is 5.69 Å². The number of aromatic nitrogens is 4. The number of pyridine rings is 1. The third-order valence-electron chi connectivity index (χ3n) is 2.14. The first-order chi connectivity index (χ1) is 9.01. The Kier molecular flexibility index (Phi) is 3.35. The fraction of sp³-hybridized carbons (Fsp3) is 0.100. The fourth-order valence-electron chi connectivity index (χ4n) is 1.25. The summed E-state index contributed by atoms with van der Waals surface area (Å²) in [7, 11) is 1.54. The minimum atomic E-state index is -0.882. The van der Waals surface area contributed by atoms with E-state index in [-0.39, 0.29) is 5.16 Å². The van der Waals surface area contributed by atoms with Crippen molar-refractivity contribution in [2.45, 2.75) is 10.2 Å². The van der Waals surface area contributed by atoms with E-state index >= 15 is 0 Å². The lowest BCUT2D eigenvalue weighted by atomic mass is 10.3. The Morgan fingerprint density at radius 2 is 2.26 bits per heavy atom. The van der Waals surface area contributed by atoms with Crippen LogP contribution in [0.1, 0.15) is 5.56 Å². The maximum Gasteiger partial charge on any atom is 0.339 e. The molecule has 19 heavy (non-hydrogen) atoms. The van der Waals surface area contributed by atoms with E-state index in [1.54, 1.807) is 0 Å². The number of hydrogen-bond donors (Lipinski definition) is 2. The molecule has 2 rings (SSSR count). The fourth-order valence-corrected chi connectivity index (χ4v) is 2.02. The number of aryl methyl sites for hydroxylation is 1. The summed E-state index contributed by atoms with van der Waals surface area (Å²) in [5.74, 6) is 0. The third-order valence-corrected chi connectivity index (χ3v) is 3.23. The first kappa shape index (κ1) is 12.8. The van der Waals surface area contributed by atoms with Gasteiger partial charge in [-0.3, -0.25) is 19.4 Å². The van der Waals surface area contributed by atoms with Crippen molar-refractivity contribution in [2.24, 2.45) is 7.05 Å². The Labute approximate surface area is 110 Å². The number of nitriles is 1. The highest BCUT2D eigenvalue weighted by Gasteiger charge is 2.10. The summed E-state index contributed by atoms with van der Waals surface area (Å²) in [6, 6.07) is 3.39. The lowest BCUT2D eigenvalue weighted by Gasteiger charge is -2.06. The van der Waals surface area contributed by atoms with Gasteiger partial charge < -0.3 is 5.73 Å². The summed E-state index contributed by atoms with van der Waals surface area (Å²) in [4.78, 5) is 29.9. The van der Waals surface area contributed by atoms with Gasteiger partial charge in [0.15, 0.2) is 5.16 Å². The molecule has 96 valence electrons. The van der Waals surface area contributed by atoms with Crippen LogP contribution in [0.5, 0.6) is 0 Å². The van der Waals surface area contributed by atoms with Gasteiger partial charge in [0.05, 0.1) is 11.3 Å². The second-order valence-corrected chi connectivity index (χ2v) is 4.49. The van der Waals surface area contributed by atoms with Crippen LogP contribution in [-0.2, 0) is 7.05 Å². The Morgan fingerprint density at radius 3 is 2.89 bits per heavy atom. The summed E-state index contributed by atoms with van der Waals surface area (Å²) < 4.78 is 1.30. The molecule has 3 N–H and O–H groups in total. The molecular formula is C10H8N6O2S. The molecular weight excluding hydrogens is 268 g/mol. The Hall–Kier alpha value is -2.60. The molecule has 0 aliphatic rings. The van der Waals surface area contributed by atoms with E-state index in [0.717, 1.165) is 11.8 Å². The standard InChI is InChI=1S/C10H8N6O2S/c1-16-10(14-7(17)8(18)15-16)19-9-6(12)2-5(3-11)4-13-9/h2,4H,12H2,1H3,(H,15,18). The molecule has 9 heteroatoms. The van der Waals surface area contributed by atoms with Crippen LogP contribution in [0.15, 0.2) is 32.0 Å². The van der Waals surface area contributed by atoms with Crippen molar-refractivity contribution in [3.8, 4) is 6.07 Å². The first-order valence-corrected chi connectivity index (χ1v) is 5.83. The van der Waals surface area contributed by atoms with Gasteiger partial charge >= 0.3 is 11.1 Å². The van der Waals surface area contributed by atoms with Gasteiger partial charge in [-0.1, -0.05) is 0 Å². The summed E-state index contributed by atoms with van der Waals surface area (Å²) >= 11 is 1.02. The van der Waals surface area contributed by atoms with Crippen LogP contribution in [0.3, 0.4) is 0 Å². The smallest absolute Gasteiger partial charge is 0.339 e. The molecule has 0 amide bonds. The number of nitrogens with two attached hydrogens (primary N) is 1. The quantitative estimate of drug-likeness (QED) is 0.705. The van der Waals surface area contributed by atoms with Crippen LogP contribution in [0, 0.1) is 11.3 Å². The molecule has 0 spiro atoms. The molecule has 2 aromatic heterocycles. The summed E-state index contributed by atoms with van der Waals surface area (Å²) in [6.07, 6.45) is 1.36. The molecule has 0 radical (unpaired) electrons. The molecule has 8 nitrogen and oxygen atoms in total. The van der Waals surface area contributed by atoms with E-state index < -0.39 is 11.1 Å². The molecule has 0 fully saturated rings. The van der Waals surface area contributed by atoms with Crippen LogP contribution in [-0.4, -0.2) is 19.7 Å². The zero-order chi connectivity index (χ0) is 14.0. The summed E-state index contributed by atoms with van der Waals surface area (Å²) in [5.41, 5.74) is 4.70. The number of aromatic amines is 1. The maximum absolute atomic E-state index is 11.2. The predicted molar refractivity (Wildman–Crippen MR) is 67.6 cm³/mol. The molecule has 0 unspecified atom stereocenters. The normalized spacial score (nSPS) is 10.1. The Balaban J connectivity index is 2.42. The van der Waals surface area contributed by atoms with Crippen molar-refractivity contribution in [1.29, 1.82) is 5.26 Å². The molecule has 0 aromatic carbocycles. The molecule has 0 atom stereocenters. The number of nitrogens with one attached hydrogen (secondary N) is 1. The van der Waals surface area contributed by atoms with Crippen molar-refractivity contribution in [2.75, 3.05) is 5.73 Å². The highest BCUT2D eigenvalue weighted by atomic mass is 32.2. The van der Waals surface area contributed by atoms with Gasteiger partial charge in [0.2, 0.25) is 0 Å². The van der Waals surface area contributed by atoms with E-state index in [2.05, 4.69) is 15.1 Å². The van der Waals surface area contributed by atoms with Crippen LogP contribution in [0.25, 0.3) is 0 Å². The number of H-pyrrole nitrogens is 1. The van der Waals surface area contributed by atoms with E-state index in [0.29, 0.717) is 16.3 Å². The molecule has 0 aliphatic heterocycles. The monoisotopic (exact) mass is 276 g/mol. The minimum Gasteiger partial charge on any atom is -0.396 e. The number of hydrogen-bond acceptors (Lipinski definition) is 7. The third kappa shape index (κ3) is 2.63. The lowest BCUT2D eigenvalue weighted by Crippen LogP contribution is -2.33. The SMILES string of the molecule is Cn1[nH]c(=O)c(=O)nc1Sc1ncc(C#N)cc1N. The second kappa shape index (κ2) is 4.95. The maximum atomic E-state index is 11.2. The number of anilines is 1. The van der Waals surface area contributed by atoms with Crippen molar-refractivity contribution in [1.82, 2.24) is 19.7 Å². The number of nitrogens with zero attached hydrogens (tertiary/aromatic N) is 4. The average molecular weight is 276 g/mol. The van der Waals surface area contributed by atoms with Gasteiger partial charge in [-0.25, -0.2) is 4.98 Å². The summed E-state index contributed by atoms with van der Waals surface area (Å²) in [5, 5.41) is 11.7. The van der Waals surface area contributed by atoms with Gasteiger partial charge in [-0.15, -0.1) is 0 Å². The zero-order valence-corrected chi connectivity index (χ0v) is 10.6. The Bertz CT molecular complexity index is 788. The second-order valence-electron chi connectivity index (χ2n) is 3.53. The van der Waals surface area contributed by atoms with Gasteiger partial charge in [0.1, 0.15) is 11.1 Å².